The molecule has 1 aliphatic heterocycles. The Balaban J connectivity index is 1.57. The second kappa shape index (κ2) is 12.5. The number of amides is 1. The molecule has 0 radical (unpaired) electrons. The van der Waals surface area contributed by atoms with Crippen molar-refractivity contribution in [1.29, 1.82) is 0 Å². The fraction of sp³-hybridized carbons (Fsp3) is 0.179. The first-order chi connectivity index (χ1) is 17.9. The van der Waals surface area contributed by atoms with Crippen LogP contribution in [0.3, 0.4) is 0 Å². The number of carboxylic acids is 1. The summed E-state index contributed by atoms with van der Waals surface area (Å²) in [5, 5.41) is 9.06. The fourth-order valence-electron chi connectivity index (χ4n) is 3.64. The normalized spacial score (nSPS) is 15.2. The Morgan fingerprint density at radius 3 is 2.41 bits per heavy atom. The number of carboxylic acid groups (broad SMARTS) is 1. The number of carbonyl (C=O) groups excluding carboxylic acids is 1. The lowest BCUT2D eigenvalue weighted by atomic mass is 10.1. The van der Waals surface area contributed by atoms with E-state index in [4.69, 9.17) is 31.5 Å². The number of methoxy groups -OCH3 is 1. The number of hydrogen-bond acceptors (Lipinski definition) is 7. The molecule has 0 saturated carbocycles. The van der Waals surface area contributed by atoms with E-state index in [0.29, 0.717) is 28.6 Å². The van der Waals surface area contributed by atoms with Crippen molar-refractivity contribution in [2.75, 3.05) is 20.3 Å². The van der Waals surface area contributed by atoms with Crippen LogP contribution in [0, 0.1) is 0 Å². The topological polar surface area (TPSA) is 85.3 Å². The molecule has 1 atom stereocenters. The third-order valence-electron chi connectivity index (χ3n) is 5.52. The van der Waals surface area contributed by atoms with Crippen molar-refractivity contribution < 1.29 is 28.9 Å². The van der Waals surface area contributed by atoms with Crippen LogP contribution in [0.2, 0.25) is 0 Å². The standard InChI is InChI=1S/C28H25NO6S2/c1-33-24(21-10-6-3-7-11-21)18-35-22-13-12-20(14-23(22)34-17-19-8-4-2-5-9-19)15-25-27(32)29(16-26(30)31)28(36)37-25/h2-15,24H,16-18H2,1H3,(H,30,31). The monoisotopic (exact) mass is 535 g/mol. The van der Waals surface area contributed by atoms with Crippen LogP contribution < -0.4 is 9.47 Å². The summed E-state index contributed by atoms with van der Waals surface area (Å²) in [5.74, 6) is -0.526. The molecule has 3 aromatic rings. The second-order valence-electron chi connectivity index (χ2n) is 8.09. The molecule has 190 valence electrons. The predicted octanol–water partition coefficient (Wildman–Crippen LogP) is 5.32. The second-order valence-corrected chi connectivity index (χ2v) is 9.76. The van der Waals surface area contributed by atoms with Gasteiger partial charge in [-0.25, -0.2) is 0 Å². The number of carbonyl (C=O) groups is 2. The van der Waals surface area contributed by atoms with E-state index in [0.717, 1.165) is 27.8 Å². The van der Waals surface area contributed by atoms with E-state index in [1.54, 1.807) is 31.4 Å². The van der Waals surface area contributed by atoms with Crippen LogP contribution in [-0.2, 0) is 20.9 Å². The predicted molar refractivity (Wildman–Crippen MR) is 146 cm³/mol. The SMILES string of the molecule is COC(COc1ccc(C=C2SC(=S)N(CC(=O)O)C2=O)cc1OCc1ccccc1)c1ccccc1. The molecule has 9 heteroatoms. The van der Waals surface area contributed by atoms with Gasteiger partial charge in [0.1, 0.15) is 30.2 Å². The summed E-state index contributed by atoms with van der Waals surface area (Å²) in [4.78, 5) is 25.2. The van der Waals surface area contributed by atoms with Crippen LogP contribution in [0.4, 0.5) is 0 Å². The van der Waals surface area contributed by atoms with Gasteiger partial charge in [-0.3, -0.25) is 14.5 Å². The third kappa shape index (κ3) is 6.97. The summed E-state index contributed by atoms with van der Waals surface area (Å²) in [5.41, 5.74) is 2.68. The summed E-state index contributed by atoms with van der Waals surface area (Å²) in [7, 11) is 1.64. The zero-order valence-corrected chi connectivity index (χ0v) is 21.7. The molecule has 7 nitrogen and oxygen atoms in total. The highest BCUT2D eigenvalue weighted by atomic mass is 32.2. The summed E-state index contributed by atoms with van der Waals surface area (Å²) < 4.78 is 18.1. The molecular formula is C28H25NO6S2. The Labute approximate surface area is 224 Å². The molecule has 1 amide bonds. The van der Waals surface area contributed by atoms with Gasteiger partial charge in [0.25, 0.3) is 5.91 Å². The van der Waals surface area contributed by atoms with Gasteiger partial charge in [-0.15, -0.1) is 0 Å². The first-order valence-electron chi connectivity index (χ1n) is 11.4. The number of nitrogens with zero attached hydrogens (tertiary/aromatic N) is 1. The van der Waals surface area contributed by atoms with E-state index in [9.17, 15) is 9.59 Å². The van der Waals surface area contributed by atoms with Crippen LogP contribution >= 0.6 is 24.0 Å². The van der Waals surface area contributed by atoms with Gasteiger partial charge >= 0.3 is 5.97 Å². The molecule has 0 bridgehead atoms. The van der Waals surface area contributed by atoms with Crippen molar-refractivity contribution in [1.82, 2.24) is 4.90 Å². The molecule has 0 aromatic heterocycles. The highest BCUT2D eigenvalue weighted by Crippen LogP contribution is 2.35. The summed E-state index contributed by atoms with van der Waals surface area (Å²) >= 11 is 6.26. The van der Waals surface area contributed by atoms with Gasteiger partial charge in [-0.05, 0) is 34.9 Å². The molecular weight excluding hydrogens is 510 g/mol. The van der Waals surface area contributed by atoms with E-state index in [1.165, 1.54) is 0 Å². The van der Waals surface area contributed by atoms with Gasteiger partial charge in [-0.2, -0.15) is 0 Å². The van der Waals surface area contributed by atoms with Gasteiger partial charge < -0.3 is 19.3 Å². The average molecular weight is 536 g/mol. The van der Waals surface area contributed by atoms with E-state index >= 15 is 0 Å². The molecule has 4 rings (SSSR count). The summed E-state index contributed by atoms with van der Waals surface area (Å²) in [6, 6.07) is 24.9. The molecule has 1 saturated heterocycles. The van der Waals surface area contributed by atoms with Crippen LogP contribution in [0.15, 0.2) is 83.8 Å². The van der Waals surface area contributed by atoms with Gasteiger partial charge in [0.05, 0.1) is 4.91 Å². The molecule has 0 spiro atoms. The number of thioether (sulfide) groups is 1. The van der Waals surface area contributed by atoms with Gasteiger partial charge in [0, 0.05) is 7.11 Å². The minimum absolute atomic E-state index is 0.214. The molecule has 37 heavy (non-hydrogen) atoms. The average Bonchev–Trinajstić information content (AvgIpc) is 3.16. The molecule has 1 unspecified atom stereocenters. The van der Waals surface area contributed by atoms with Crippen LogP contribution in [0.25, 0.3) is 6.08 Å². The molecule has 1 aliphatic rings. The molecule has 1 N–H and O–H groups in total. The molecule has 0 aliphatic carbocycles. The van der Waals surface area contributed by atoms with E-state index in [-0.39, 0.29) is 17.0 Å². The Morgan fingerprint density at radius 1 is 1.03 bits per heavy atom. The maximum absolute atomic E-state index is 12.7. The molecule has 1 heterocycles. The number of thiocarbonyl (C=S) groups is 1. The van der Waals surface area contributed by atoms with Gasteiger partial charge in [0.15, 0.2) is 11.5 Å². The van der Waals surface area contributed by atoms with E-state index < -0.39 is 18.4 Å². The van der Waals surface area contributed by atoms with Crippen LogP contribution in [0.5, 0.6) is 11.5 Å². The smallest absolute Gasteiger partial charge is 0.323 e. The Hall–Kier alpha value is -3.66. The number of hydrogen-bond donors (Lipinski definition) is 1. The lowest BCUT2D eigenvalue weighted by Crippen LogP contribution is -2.33. The maximum atomic E-state index is 12.7. The summed E-state index contributed by atoms with van der Waals surface area (Å²) in [6.45, 7) is 0.130. The lowest BCUT2D eigenvalue weighted by Gasteiger charge is -2.19. The Bertz CT molecular complexity index is 1300. The maximum Gasteiger partial charge on any atom is 0.323 e. The van der Waals surface area contributed by atoms with Gasteiger partial charge in [-0.1, -0.05) is 90.7 Å². The minimum atomic E-state index is -1.12. The number of ether oxygens (including phenoxy) is 3. The Morgan fingerprint density at radius 2 is 1.73 bits per heavy atom. The summed E-state index contributed by atoms with van der Waals surface area (Å²) in [6.07, 6.45) is 1.40. The first kappa shape index (κ1) is 26.4. The van der Waals surface area contributed by atoms with Crippen molar-refractivity contribution in [3.8, 4) is 11.5 Å². The van der Waals surface area contributed by atoms with Crippen molar-refractivity contribution >= 4 is 46.3 Å². The number of rotatable bonds is 11. The Kier molecular flexibility index (Phi) is 8.95. The van der Waals surface area contributed by atoms with Crippen molar-refractivity contribution in [3.05, 3.63) is 100 Å². The highest BCUT2D eigenvalue weighted by molar-refractivity contribution is 8.26. The fourth-order valence-corrected chi connectivity index (χ4v) is 4.89. The van der Waals surface area contributed by atoms with E-state index in [1.807, 2.05) is 60.7 Å². The zero-order valence-electron chi connectivity index (χ0n) is 20.0. The van der Waals surface area contributed by atoms with Crippen molar-refractivity contribution in [2.24, 2.45) is 0 Å². The number of aliphatic carboxylic acids is 1. The third-order valence-corrected chi connectivity index (χ3v) is 6.89. The quantitative estimate of drug-likeness (QED) is 0.261. The van der Waals surface area contributed by atoms with Gasteiger partial charge in [0.2, 0.25) is 0 Å². The highest BCUT2D eigenvalue weighted by Gasteiger charge is 2.33. The van der Waals surface area contributed by atoms with E-state index in [2.05, 4.69) is 0 Å². The van der Waals surface area contributed by atoms with Crippen molar-refractivity contribution in [3.63, 3.8) is 0 Å². The van der Waals surface area contributed by atoms with Crippen LogP contribution in [-0.4, -0.2) is 46.5 Å². The largest absolute Gasteiger partial charge is 0.487 e. The first-order valence-corrected chi connectivity index (χ1v) is 12.7. The lowest BCUT2D eigenvalue weighted by molar-refractivity contribution is -0.140. The minimum Gasteiger partial charge on any atom is -0.487 e. The molecule has 3 aromatic carbocycles. The van der Waals surface area contributed by atoms with Crippen molar-refractivity contribution in [2.45, 2.75) is 12.7 Å². The van der Waals surface area contributed by atoms with Crippen LogP contribution in [0.1, 0.15) is 22.8 Å². The molecule has 1 fully saturated rings. The number of benzene rings is 3. The zero-order chi connectivity index (χ0) is 26.2.